The molecule has 166 valence electrons. The molecule has 0 aliphatic carbocycles. The number of nitrogens with one attached hydrogen (secondary N) is 1. The molecule has 1 fully saturated rings. The molecular weight excluding hydrogens is 427 g/mol. The van der Waals surface area contributed by atoms with Gasteiger partial charge < -0.3 is 9.47 Å². The van der Waals surface area contributed by atoms with E-state index in [0.717, 1.165) is 4.90 Å². The Morgan fingerprint density at radius 2 is 1.70 bits per heavy atom. The molecule has 1 aliphatic heterocycles. The fourth-order valence-corrected chi connectivity index (χ4v) is 3.26. The Labute approximate surface area is 189 Å². The minimum absolute atomic E-state index is 0.0197. The normalized spacial score (nSPS) is 14.9. The maximum Gasteiger partial charge on any atom is 0.335 e. The standard InChI is InChI=1S/C25H19FN2O5/c1-32-19-11-9-18(10-12-19)28-24(30)21(23(29)27-25(28)31)14-16-5-4-7-20(13-16)33-15-17-6-2-3-8-22(17)26/h2-14H,15H2,1H3,(H,27,29,31)/b21-14-. The highest BCUT2D eigenvalue weighted by Crippen LogP contribution is 2.25. The van der Waals surface area contributed by atoms with E-state index in [9.17, 15) is 18.8 Å². The van der Waals surface area contributed by atoms with Crippen molar-refractivity contribution < 1.29 is 28.2 Å². The van der Waals surface area contributed by atoms with E-state index in [-0.39, 0.29) is 18.0 Å². The number of anilines is 1. The predicted octanol–water partition coefficient (Wildman–Crippen LogP) is 4.08. The van der Waals surface area contributed by atoms with E-state index in [0.29, 0.717) is 28.3 Å². The number of hydrogen-bond acceptors (Lipinski definition) is 5. The quantitative estimate of drug-likeness (QED) is 0.456. The van der Waals surface area contributed by atoms with Crippen LogP contribution < -0.4 is 19.7 Å². The van der Waals surface area contributed by atoms with E-state index in [1.165, 1.54) is 19.3 Å². The van der Waals surface area contributed by atoms with Crippen LogP contribution in [0.2, 0.25) is 0 Å². The Bertz CT molecular complexity index is 1250. The highest BCUT2D eigenvalue weighted by molar-refractivity contribution is 6.39. The van der Waals surface area contributed by atoms with Gasteiger partial charge in [0.1, 0.15) is 29.5 Å². The minimum Gasteiger partial charge on any atom is -0.497 e. The molecule has 1 heterocycles. The van der Waals surface area contributed by atoms with Crippen LogP contribution in [0, 0.1) is 5.82 Å². The lowest BCUT2D eigenvalue weighted by Gasteiger charge is -2.26. The largest absolute Gasteiger partial charge is 0.497 e. The SMILES string of the molecule is COc1ccc(N2C(=O)NC(=O)/C(=C/c3cccc(OCc4ccccc4F)c3)C2=O)cc1. The van der Waals surface area contributed by atoms with E-state index >= 15 is 0 Å². The zero-order chi connectivity index (χ0) is 23.4. The molecule has 7 nitrogen and oxygen atoms in total. The molecule has 0 saturated carbocycles. The number of halogens is 1. The van der Waals surface area contributed by atoms with Crippen LogP contribution in [0.5, 0.6) is 11.5 Å². The van der Waals surface area contributed by atoms with Gasteiger partial charge in [0.05, 0.1) is 12.8 Å². The molecule has 33 heavy (non-hydrogen) atoms. The molecule has 4 amide bonds. The van der Waals surface area contributed by atoms with Crippen LogP contribution in [-0.4, -0.2) is 25.0 Å². The van der Waals surface area contributed by atoms with Crippen molar-refractivity contribution in [1.29, 1.82) is 0 Å². The predicted molar refractivity (Wildman–Crippen MR) is 119 cm³/mol. The topological polar surface area (TPSA) is 84.9 Å². The Hall–Kier alpha value is -4.46. The molecule has 3 aromatic rings. The number of barbiturate groups is 1. The number of urea groups is 1. The zero-order valence-electron chi connectivity index (χ0n) is 17.6. The van der Waals surface area contributed by atoms with Crippen molar-refractivity contribution in [2.45, 2.75) is 6.61 Å². The highest BCUT2D eigenvalue weighted by Gasteiger charge is 2.36. The first-order valence-corrected chi connectivity index (χ1v) is 9.98. The lowest BCUT2D eigenvalue weighted by atomic mass is 10.1. The first-order chi connectivity index (χ1) is 16.0. The van der Waals surface area contributed by atoms with Gasteiger partial charge >= 0.3 is 6.03 Å². The average Bonchev–Trinajstić information content (AvgIpc) is 2.82. The summed E-state index contributed by atoms with van der Waals surface area (Å²) >= 11 is 0. The summed E-state index contributed by atoms with van der Waals surface area (Å²) in [7, 11) is 1.50. The number of rotatable bonds is 6. The summed E-state index contributed by atoms with van der Waals surface area (Å²) in [4.78, 5) is 38.6. The first kappa shape index (κ1) is 21.8. The second-order valence-electron chi connectivity index (χ2n) is 7.11. The number of nitrogens with zero attached hydrogens (tertiary/aromatic N) is 1. The average molecular weight is 446 g/mol. The number of benzene rings is 3. The summed E-state index contributed by atoms with van der Waals surface area (Å²) in [6.45, 7) is 0.0197. The second kappa shape index (κ2) is 9.35. The van der Waals surface area contributed by atoms with Crippen LogP contribution >= 0.6 is 0 Å². The molecule has 1 saturated heterocycles. The molecule has 0 spiro atoms. The first-order valence-electron chi connectivity index (χ1n) is 9.98. The van der Waals surface area contributed by atoms with Crippen molar-refractivity contribution in [2.75, 3.05) is 12.0 Å². The Balaban J connectivity index is 1.57. The molecule has 0 aromatic heterocycles. The van der Waals surface area contributed by atoms with Gasteiger partial charge in [0, 0.05) is 5.56 Å². The fraction of sp³-hybridized carbons (Fsp3) is 0.0800. The Morgan fingerprint density at radius 1 is 0.939 bits per heavy atom. The number of hydrogen-bond donors (Lipinski definition) is 1. The highest BCUT2D eigenvalue weighted by atomic mass is 19.1. The van der Waals surface area contributed by atoms with Crippen LogP contribution in [0.3, 0.4) is 0 Å². The maximum atomic E-state index is 13.8. The van der Waals surface area contributed by atoms with Gasteiger partial charge in [-0.05, 0) is 54.1 Å². The molecule has 4 rings (SSSR count). The number of ether oxygens (including phenoxy) is 2. The summed E-state index contributed by atoms with van der Waals surface area (Å²) in [5.41, 5.74) is 0.982. The van der Waals surface area contributed by atoms with Gasteiger partial charge in [0.15, 0.2) is 0 Å². The van der Waals surface area contributed by atoms with Crippen molar-refractivity contribution in [3.05, 3.63) is 95.3 Å². The van der Waals surface area contributed by atoms with Gasteiger partial charge in [0.2, 0.25) is 0 Å². The van der Waals surface area contributed by atoms with E-state index in [2.05, 4.69) is 5.32 Å². The minimum atomic E-state index is -0.839. The number of methoxy groups -OCH3 is 1. The van der Waals surface area contributed by atoms with Gasteiger partial charge in [0.25, 0.3) is 11.8 Å². The summed E-state index contributed by atoms with van der Waals surface area (Å²) in [6.07, 6.45) is 1.37. The maximum absolute atomic E-state index is 13.8. The van der Waals surface area contributed by atoms with Gasteiger partial charge in [-0.3, -0.25) is 14.9 Å². The molecule has 3 aromatic carbocycles. The van der Waals surface area contributed by atoms with Crippen molar-refractivity contribution in [2.24, 2.45) is 0 Å². The smallest absolute Gasteiger partial charge is 0.335 e. The summed E-state index contributed by atoms with van der Waals surface area (Å²) < 4.78 is 24.6. The van der Waals surface area contributed by atoms with Gasteiger partial charge in [-0.1, -0.05) is 30.3 Å². The van der Waals surface area contributed by atoms with Crippen LogP contribution in [0.25, 0.3) is 6.08 Å². The van der Waals surface area contributed by atoms with Gasteiger partial charge in [-0.2, -0.15) is 0 Å². The number of carbonyl (C=O) groups excluding carboxylic acids is 3. The van der Waals surface area contributed by atoms with Crippen molar-refractivity contribution in [3.8, 4) is 11.5 Å². The third kappa shape index (κ3) is 4.74. The van der Waals surface area contributed by atoms with Gasteiger partial charge in [-0.25, -0.2) is 14.1 Å². The van der Waals surface area contributed by atoms with Crippen LogP contribution in [0.1, 0.15) is 11.1 Å². The van der Waals surface area contributed by atoms with Crippen LogP contribution in [-0.2, 0) is 16.2 Å². The molecule has 1 aliphatic rings. The Kier molecular flexibility index (Phi) is 6.17. The molecule has 0 atom stereocenters. The fourth-order valence-electron chi connectivity index (χ4n) is 3.26. The second-order valence-corrected chi connectivity index (χ2v) is 7.11. The third-order valence-corrected chi connectivity index (χ3v) is 4.95. The molecular formula is C25H19FN2O5. The van der Waals surface area contributed by atoms with Crippen molar-refractivity contribution >= 4 is 29.6 Å². The Morgan fingerprint density at radius 3 is 2.42 bits per heavy atom. The van der Waals surface area contributed by atoms with Crippen molar-refractivity contribution in [3.63, 3.8) is 0 Å². The van der Waals surface area contributed by atoms with Crippen molar-refractivity contribution in [1.82, 2.24) is 5.32 Å². The molecule has 1 N–H and O–H groups in total. The monoisotopic (exact) mass is 446 g/mol. The molecule has 0 radical (unpaired) electrons. The molecule has 8 heteroatoms. The van der Waals surface area contributed by atoms with E-state index < -0.39 is 17.8 Å². The molecule has 0 bridgehead atoms. The summed E-state index contributed by atoms with van der Waals surface area (Å²) in [5, 5.41) is 2.18. The lowest BCUT2D eigenvalue weighted by Crippen LogP contribution is -2.54. The lowest BCUT2D eigenvalue weighted by molar-refractivity contribution is -0.122. The number of amides is 4. The summed E-state index contributed by atoms with van der Waals surface area (Å²) in [6, 6.07) is 18.4. The number of imide groups is 2. The number of carbonyl (C=O) groups is 3. The van der Waals surface area contributed by atoms with Crippen LogP contribution in [0.4, 0.5) is 14.9 Å². The van der Waals surface area contributed by atoms with Crippen LogP contribution in [0.15, 0.2) is 78.4 Å². The third-order valence-electron chi connectivity index (χ3n) is 4.95. The van der Waals surface area contributed by atoms with E-state index in [1.807, 2.05) is 0 Å². The van der Waals surface area contributed by atoms with E-state index in [1.54, 1.807) is 66.7 Å². The molecule has 0 unspecified atom stereocenters. The van der Waals surface area contributed by atoms with E-state index in [4.69, 9.17) is 9.47 Å². The zero-order valence-corrected chi connectivity index (χ0v) is 17.6. The van der Waals surface area contributed by atoms with Gasteiger partial charge in [-0.15, -0.1) is 0 Å². The summed E-state index contributed by atoms with van der Waals surface area (Å²) in [5.74, 6) is -0.940.